The highest BCUT2D eigenvalue weighted by atomic mass is 32.2. The van der Waals surface area contributed by atoms with E-state index in [1.807, 2.05) is 0 Å². The van der Waals surface area contributed by atoms with E-state index in [-0.39, 0.29) is 34.9 Å². The fourth-order valence-corrected chi connectivity index (χ4v) is 3.73. The monoisotopic (exact) mass is 365 g/mol. The molecule has 8 nitrogen and oxygen atoms in total. The van der Waals surface area contributed by atoms with Gasteiger partial charge in [0, 0.05) is 31.7 Å². The highest BCUT2D eigenvalue weighted by molar-refractivity contribution is 7.91. The second-order valence-corrected chi connectivity index (χ2v) is 9.16. The van der Waals surface area contributed by atoms with E-state index >= 15 is 0 Å². The van der Waals surface area contributed by atoms with E-state index in [0.29, 0.717) is 0 Å². The number of methoxy groups -OCH3 is 1. The molecule has 0 unspecified atom stereocenters. The fraction of sp³-hybridized carbons (Fsp3) is 0.462. The predicted molar refractivity (Wildman–Crippen MR) is 85.4 cm³/mol. The highest BCUT2D eigenvalue weighted by Gasteiger charge is 2.24. The van der Waals surface area contributed by atoms with Crippen LogP contribution in [0, 0.1) is 0 Å². The van der Waals surface area contributed by atoms with Crippen LogP contribution in [-0.2, 0) is 30.2 Å². The molecule has 0 aliphatic carbocycles. The minimum atomic E-state index is -3.68. The van der Waals surface area contributed by atoms with Crippen LogP contribution in [0.25, 0.3) is 0 Å². The number of rotatable bonds is 8. The summed E-state index contributed by atoms with van der Waals surface area (Å²) < 4.78 is 51.9. The molecule has 0 spiro atoms. The molecule has 1 rings (SSSR count). The average molecular weight is 365 g/mol. The molecule has 0 saturated carbocycles. The van der Waals surface area contributed by atoms with E-state index in [0.717, 1.165) is 24.6 Å². The lowest BCUT2D eigenvalue weighted by atomic mass is 10.1. The zero-order valence-electron chi connectivity index (χ0n) is 13.0. The Hall–Kier alpha value is -1.65. The van der Waals surface area contributed by atoms with Gasteiger partial charge in [0.2, 0.25) is 0 Å². The summed E-state index contributed by atoms with van der Waals surface area (Å²) >= 11 is 0. The molecule has 0 amide bonds. The van der Waals surface area contributed by atoms with Gasteiger partial charge in [-0.3, -0.25) is 0 Å². The minimum absolute atomic E-state index is 0.0186. The molecule has 0 radical (unpaired) electrons. The Kier molecular flexibility index (Phi) is 6.14. The van der Waals surface area contributed by atoms with Crippen molar-refractivity contribution in [3.05, 3.63) is 23.3 Å². The third-order valence-corrected chi connectivity index (χ3v) is 4.87. The summed E-state index contributed by atoms with van der Waals surface area (Å²) in [6.45, 7) is 0.428. The van der Waals surface area contributed by atoms with Crippen LogP contribution in [0.1, 0.15) is 15.9 Å². The summed E-state index contributed by atoms with van der Waals surface area (Å²) in [5, 5.41) is 12.0. The largest absolute Gasteiger partial charge is 0.478 e. The molecular weight excluding hydrogens is 346 g/mol. The van der Waals surface area contributed by atoms with Gasteiger partial charge in [-0.15, -0.1) is 0 Å². The number of hydrogen-bond donors (Lipinski definition) is 2. The highest BCUT2D eigenvalue weighted by Crippen LogP contribution is 2.30. The van der Waals surface area contributed by atoms with Crippen molar-refractivity contribution >= 4 is 31.3 Å². The van der Waals surface area contributed by atoms with Crippen LogP contribution in [-0.4, -0.2) is 60.7 Å². The molecule has 1 aromatic carbocycles. The number of carboxylic acids is 1. The van der Waals surface area contributed by atoms with Crippen LogP contribution in [0.3, 0.4) is 0 Å². The van der Waals surface area contributed by atoms with Gasteiger partial charge in [0.05, 0.1) is 28.5 Å². The minimum Gasteiger partial charge on any atom is -0.478 e. The third-order valence-electron chi connectivity index (χ3n) is 2.92. The topological polar surface area (TPSA) is 127 Å². The van der Waals surface area contributed by atoms with Crippen molar-refractivity contribution in [1.29, 1.82) is 0 Å². The van der Waals surface area contributed by atoms with Gasteiger partial charge in [-0.25, -0.2) is 21.6 Å². The molecule has 0 aliphatic rings. The summed E-state index contributed by atoms with van der Waals surface area (Å²) in [5.74, 6) is -1.92. The summed E-state index contributed by atoms with van der Waals surface area (Å²) in [4.78, 5) is 11.2. The van der Waals surface area contributed by atoms with Gasteiger partial charge in [-0.2, -0.15) is 0 Å². The Bertz CT molecular complexity index is 798. The maximum absolute atomic E-state index is 11.9. The smallest absolute Gasteiger partial charge is 0.336 e. The molecule has 10 heteroatoms. The first kappa shape index (κ1) is 19.4. The van der Waals surface area contributed by atoms with Crippen LogP contribution >= 0.6 is 0 Å². The van der Waals surface area contributed by atoms with Gasteiger partial charge in [0.25, 0.3) is 0 Å². The number of sulfone groups is 2. The summed E-state index contributed by atoms with van der Waals surface area (Å²) in [7, 11) is -5.81. The van der Waals surface area contributed by atoms with Gasteiger partial charge >= 0.3 is 5.97 Å². The Morgan fingerprint density at radius 3 is 2.26 bits per heavy atom. The molecule has 0 heterocycles. The number of benzene rings is 1. The average Bonchev–Trinajstić information content (AvgIpc) is 2.36. The van der Waals surface area contributed by atoms with E-state index < -0.39 is 31.4 Å². The fourth-order valence-electron chi connectivity index (χ4n) is 2.02. The lowest BCUT2D eigenvalue weighted by Gasteiger charge is -2.17. The van der Waals surface area contributed by atoms with Crippen LogP contribution in [0.5, 0.6) is 0 Å². The van der Waals surface area contributed by atoms with Crippen LogP contribution in [0.15, 0.2) is 17.0 Å². The maximum Gasteiger partial charge on any atom is 0.336 e. The summed E-state index contributed by atoms with van der Waals surface area (Å²) in [5.41, 5.74) is -0.364. The van der Waals surface area contributed by atoms with Crippen molar-refractivity contribution in [3.63, 3.8) is 0 Å². The molecule has 0 bridgehead atoms. The Morgan fingerprint density at radius 2 is 1.83 bits per heavy atom. The first-order valence-corrected chi connectivity index (χ1v) is 10.4. The zero-order valence-corrected chi connectivity index (χ0v) is 14.6. The molecule has 130 valence electrons. The van der Waals surface area contributed by atoms with Crippen molar-refractivity contribution < 1.29 is 31.5 Å². The molecule has 0 aliphatic heterocycles. The summed E-state index contributed by atoms with van der Waals surface area (Å²) in [6, 6.07) is 2.25. The van der Waals surface area contributed by atoms with Crippen molar-refractivity contribution in [2.75, 3.05) is 38.1 Å². The quantitative estimate of drug-likeness (QED) is 0.634. The van der Waals surface area contributed by atoms with E-state index in [9.17, 15) is 26.7 Å². The third kappa shape index (κ3) is 5.48. The Morgan fingerprint density at radius 1 is 1.22 bits per heavy atom. The maximum atomic E-state index is 11.9. The van der Waals surface area contributed by atoms with E-state index in [1.165, 1.54) is 7.11 Å². The normalized spacial score (nSPS) is 12.1. The van der Waals surface area contributed by atoms with Gasteiger partial charge in [-0.05, 0) is 12.1 Å². The first-order valence-electron chi connectivity index (χ1n) is 6.47. The lowest BCUT2D eigenvalue weighted by molar-refractivity contribution is 0.0696. The molecule has 1 aromatic rings. The molecule has 0 atom stereocenters. The van der Waals surface area contributed by atoms with Crippen LogP contribution in [0.4, 0.5) is 5.69 Å². The molecular formula is C13H19NO7S2. The number of aromatic carboxylic acids is 1. The van der Waals surface area contributed by atoms with Crippen LogP contribution < -0.4 is 5.32 Å². The second-order valence-electron chi connectivity index (χ2n) is 5.03. The molecule has 0 aromatic heterocycles. The lowest BCUT2D eigenvalue weighted by Crippen LogP contribution is -2.17. The number of ether oxygens (including phenoxy) is 1. The van der Waals surface area contributed by atoms with E-state index in [2.05, 4.69) is 5.32 Å². The van der Waals surface area contributed by atoms with Gasteiger partial charge in [0.1, 0.15) is 0 Å². The number of carbonyl (C=O) groups is 1. The van der Waals surface area contributed by atoms with Crippen molar-refractivity contribution in [2.24, 2.45) is 0 Å². The first-order chi connectivity index (χ1) is 10.5. The molecule has 23 heavy (non-hydrogen) atoms. The SMILES string of the molecule is COCCNc1c(S(C)(=O)=O)ccc(C(=O)O)c1CS(C)(=O)=O. The van der Waals surface area contributed by atoms with Crippen molar-refractivity contribution in [1.82, 2.24) is 0 Å². The number of hydrogen-bond acceptors (Lipinski definition) is 7. The Labute approximate surface area is 135 Å². The number of anilines is 1. The molecule has 0 saturated heterocycles. The molecule has 2 N–H and O–H groups in total. The van der Waals surface area contributed by atoms with Gasteiger partial charge in [-0.1, -0.05) is 0 Å². The standard InChI is InChI=1S/C13H19NO7S2/c1-21-7-6-14-12-10(8-22(2,17)18)9(13(15)16)4-5-11(12)23(3,19)20/h4-5,14H,6-8H2,1-3H3,(H,15,16). The number of carboxylic acid groups (broad SMARTS) is 1. The second kappa shape index (κ2) is 7.28. The molecule has 0 fully saturated rings. The number of nitrogens with one attached hydrogen (secondary N) is 1. The van der Waals surface area contributed by atoms with E-state index in [1.54, 1.807) is 0 Å². The van der Waals surface area contributed by atoms with Gasteiger partial charge in [0.15, 0.2) is 19.7 Å². The van der Waals surface area contributed by atoms with E-state index in [4.69, 9.17) is 4.74 Å². The van der Waals surface area contributed by atoms with Crippen LogP contribution in [0.2, 0.25) is 0 Å². The zero-order chi connectivity index (χ0) is 17.8. The van der Waals surface area contributed by atoms with Gasteiger partial charge < -0.3 is 15.2 Å². The summed E-state index contributed by atoms with van der Waals surface area (Å²) in [6.07, 6.45) is 1.92. The predicted octanol–water partition coefficient (Wildman–Crippen LogP) is 0.391. The Balaban J connectivity index is 3.64. The van der Waals surface area contributed by atoms with Crippen molar-refractivity contribution in [2.45, 2.75) is 10.6 Å². The van der Waals surface area contributed by atoms with Crippen molar-refractivity contribution in [3.8, 4) is 0 Å².